The molecule has 0 radical (unpaired) electrons. The highest BCUT2D eigenvalue weighted by Crippen LogP contribution is 2.21. The van der Waals surface area contributed by atoms with Gasteiger partial charge < -0.3 is 19.2 Å². The molecule has 1 atom stereocenters. The highest BCUT2D eigenvalue weighted by Gasteiger charge is 2.21. The van der Waals surface area contributed by atoms with Crippen LogP contribution in [0.2, 0.25) is 0 Å². The molecule has 4 nitrogen and oxygen atoms in total. The van der Waals surface area contributed by atoms with Crippen molar-refractivity contribution in [2.45, 2.75) is 57.4 Å². The molecule has 1 aliphatic carbocycles. The van der Waals surface area contributed by atoms with Crippen LogP contribution < -0.4 is 5.32 Å². The Morgan fingerprint density at radius 1 is 1.26 bits per heavy atom. The average Bonchev–Trinajstić information content (AvgIpc) is 3.17. The van der Waals surface area contributed by atoms with Gasteiger partial charge in [-0.2, -0.15) is 0 Å². The predicted octanol–water partition coefficient (Wildman–Crippen LogP) is 2.62. The van der Waals surface area contributed by atoms with E-state index in [1.807, 2.05) is 6.07 Å². The van der Waals surface area contributed by atoms with Crippen molar-refractivity contribution in [2.75, 3.05) is 13.2 Å². The number of rotatable bonds is 7. The molecular formula is C15H23NO3. The van der Waals surface area contributed by atoms with Crippen LogP contribution in [-0.4, -0.2) is 25.4 Å². The molecule has 1 aliphatic heterocycles. The normalized spacial score (nSPS) is 23.7. The molecule has 1 saturated carbocycles. The smallest absolute Gasteiger partial charge is 0.133 e. The molecule has 1 unspecified atom stereocenters. The van der Waals surface area contributed by atoms with Crippen LogP contribution in [0.1, 0.15) is 43.4 Å². The van der Waals surface area contributed by atoms with E-state index in [0.29, 0.717) is 13.2 Å². The molecule has 1 aromatic rings. The van der Waals surface area contributed by atoms with Crippen LogP contribution in [0.15, 0.2) is 16.7 Å². The summed E-state index contributed by atoms with van der Waals surface area (Å²) in [5.41, 5.74) is 1.22. The van der Waals surface area contributed by atoms with Crippen molar-refractivity contribution in [3.8, 4) is 0 Å². The first-order chi connectivity index (χ1) is 9.42. The van der Waals surface area contributed by atoms with Gasteiger partial charge in [0.1, 0.15) is 12.4 Å². The van der Waals surface area contributed by atoms with Crippen molar-refractivity contribution < 1.29 is 13.9 Å². The SMILES string of the molecule is c1cc(CNC2CC2)c(COCC2CCCCO2)o1. The quantitative estimate of drug-likeness (QED) is 0.823. The van der Waals surface area contributed by atoms with E-state index in [4.69, 9.17) is 13.9 Å². The first kappa shape index (κ1) is 13.2. The summed E-state index contributed by atoms with van der Waals surface area (Å²) in [6, 6.07) is 2.75. The lowest BCUT2D eigenvalue weighted by Gasteiger charge is -2.22. The maximum absolute atomic E-state index is 5.73. The first-order valence-electron chi connectivity index (χ1n) is 7.40. The second-order valence-electron chi connectivity index (χ2n) is 5.53. The molecular weight excluding hydrogens is 242 g/mol. The van der Waals surface area contributed by atoms with Gasteiger partial charge in [0.2, 0.25) is 0 Å². The van der Waals surface area contributed by atoms with Crippen LogP contribution in [-0.2, 0) is 22.6 Å². The number of hydrogen-bond acceptors (Lipinski definition) is 4. The Morgan fingerprint density at radius 3 is 3.00 bits per heavy atom. The standard InChI is InChI=1S/C15H23NO3/c1-2-7-18-14(3-1)10-17-11-15-12(6-8-19-15)9-16-13-4-5-13/h6,8,13-14,16H,1-5,7,9-11H2. The third kappa shape index (κ3) is 4.06. The summed E-state index contributed by atoms with van der Waals surface area (Å²) in [4.78, 5) is 0. The highest BCUT2D eigenvalue weighted by atomic mass is 16.5. The van der Waals surface area contributed by atoms with Crippen molar-refractivity contribution in [3.05, 3.63) is 23.7 Å². The largest absolute Gasteiger partial charge is 0.467 e. The van der Waals surface area contributed by atoms with Crippen LogP contribution in [0, 0.1) is 0 Å². The number of furan rings is 1. The number of ether oxygens (including phenoxy) is 2. The van der Waals surface area contributed by atoms with Crippen molar-refractivity contribution in [2.24, 2.45) is 0 Å². The van der Waals surface area contributed by atoms with E-state index in [9.17, 15) is 0 Å². The molecule has 3 rings (SSSR count). The molecule has 0 amide bonds. The van der Waals surface area contributed by atoms with Gasteiger partial charge in [0.05, 0.1) is 19.0 Å². The van der Waals surface area contributed by atoms with Gasteiger partial charge in [0.15, 0.2) is 0 Å². The minimum Gasteiger partial charge on any atom is -0.467 e. The molecule has 2 aliphatic rings. The van der Waals surface area contributed by atoms with Crippen molar-refractivity contribution in [1.29, 1.82) is 0 Å². The van der Waals surface area contributed by atoms with E-state index in [-0.39, 0.29) is 6.10 Å². The fraction of sp³-hybridized carbons (Fsp3) is 0.733. The minimum absolute atomic E-state index is 0.275. The molecule has 4 heteroatoms. The third-order valence-electron chi connectivity index (χ3n) is 3.81. The van der Waals surface area contributed by atoms with Crippen LogP contribution in [0.5, 0.6) is 0 Å². The second-order valence-corrected chi connectivity index (χ2v) is 5.53. The zero-order valence-electron chi connectivity index (χ0n) is 11.4. The zero-order valence-corrected chi connectivity index (χ0v) is 11.4. The molecule has 19 heavy (non-hydrogen) atoms. The zero-order chi connectivity index (χ0) is 12.9. The van der Waals surface area contributed by atoms with Gasteiger partial charge in [0, 0.05) is 24.8 Å². The van der Waals surface area contributed by atoms with Gasteiger partial charge in [-0.15, -0.1) is 0 Å². The van der Waals surface area contributed by atoms with Crippen molar-refractivity contribution in [1.82, 2.24) is 5.32 Å². The van der Waals surface area contributed by atoms with E-state index in [2.05, 4.69) is 5.32 Å². The summed E-state index contributed by atoms with van der Waals surface area (Å²) in [5.74, 6) is 0.948. The molecule has 0 aromatic carbocycles. The maximum atomic E-state index is 5.73. The van der Waals surface area contributed by atoms with Gasteiger partial charge in [-0.3, -0.25) is 0 Å². The lowest BCUT2D eigenvalue weighted by molar-refractivity contribution is -0.0473. The molecule has 1 saturated heterocycles. The molecule has 2 fully saturated rings. The van der Waals surface area contributed by atoms with Crippen LogP contribution in [0.4, 0.5) is 0 Å². The molecule has 0 bridgehead atoms. The van der Waals surface area contributed by atoms with E-state index in [0.717, 1.165) is 31.4 Å². The Kier molecular flexibility index (Phi) is 4.53. The fourth-order valence-corrected chi connectivity index (χ4v) is 2.41. The molecule has 1 N–H and O–H groups in total. The number of hydrogen-bond donors (Lipinski definition) is 1. The Labute approximate surface area is 114 Å². The predicted molar refractivity (Wildman–Crippen MR) is 71.8 cm³/mol. The Morgan fingerprint density at radius 2 is 2.21 bits per heavy atom. The molecule has 1 aromatic heterocycles. The number of nitrogens with one attached hydrogen (secondary N) is 1. The van der Waals surface area contributed by atoms with Crippen molar-refractivity contribution in [3.63, 3.8) is 0 Å². The van der Waals surface area contributed by atoms with E-state index >= 15 is 0 Å². The van der Waals surface area contributed by atoms with E-state index in [1.54, 1.807) is 6.26 Å². The molecule has 2 heterocycles. The summed E-state index contributed by atoms with van der Waals surface area (Å²) in [6.45, 7) is 3.00. The minimum atomic E-state index is 0.275. The lowest BCUT2D eigenvalue weighted by atomic mass is 10.1. The summed E-state index contributed by atoms with van der Waals surface area (Å²) in [6.07, 6.45) is 8.20. The maximum Gasteiger partial charge on any atom is 0.133 e. The van der Waals surface area contributed by atoms with Crippen LogP contribution >= 0.6 is 0 Å². The van der Waals surface area contributed by atoms with E-state index < -0.39 is 0 Å². The van der Waals surface area contributed by atoms with Gasteiger partial charge >= 0.3 is 0 Å². The Bertz CT molecular complexity index is 380. The monoisotopic (exact) mass is 265 g/mol. The average molecular weight is 265 g/mol. The second kappa shape index (κ2) is 6.55. The highest BCUT2D eigenvalue weighted by molar-refractivity contribution is 5.16. The molecule has 106 valence electrons. The van der Waals surface area contributed by atoms with E-state index in [1.165, 1.54) is 31.2 Å². The summed E-state index contributed by atoms with van der Waals surface area (Å²) in [5, 5.41) is 3.50. The molecule has 0 spiro atoms. The Balaban J connectivity index is 1.39. The van der Waals surface area contributed by atoms with Crippen molar-refractivity contribution >= 4 is 0 Å². The van der Waals surface area contributed by atoms with Gasteiger partial charge in [0.25, 0.3) is 0 Å². The van der Waals surface area contributed by atoms with Crippen LogP contribution in [0.25, 0.3) is 0 Å². The summed E-state index contributed by atoms with van der Waals surface area (Å²) >= 11 is 0. The topological polar surface area (TPSA) is 43.6 Å². The van der Waals surface area contributed by atoms with Gasteiger partial charge in [-0.1, -0.05) is 0 Å². The lowest BCUT2D eigenvalue weighted by Crippen LogP contribution is -2.24. The Hall–Kier alpha value is -0.840. The first-order valence-corrected chi connectivity index (χ1v) is 7.40. The van der Waals surface area contributed by atoms with Crippen LogP contribution in [0.3, 0.4) is 0 Å². The third-order valence-corrected chi connectivity index (χ3v) is 3.81. The summed E-state index contributed by atoms with van der Waals surface area (Å²) in [7, 11) is 0. The summed E-state index contributed by atoms with van der Waals surface area (Å²) < 4.78 is 16.9. The fourth-order valence-electron chi connectivity index (χ4n) is 2.41. The van der Waals surface area contributed by atoms with Gasteiger partial charge in [-0.25, -0.2) is 0 Å². The van der Waals surface area contributed by atoms with Gasteiger partial charge in [-0.05, 0) is 38.2 Å².